The Bertz CT molecular complexity index is 228. The first-order valence-electron chi connectivity index (χ1n) is 4.60. The summed E-state index contributed by atoms with van der Waals surface area (Å²) < 4.78 is 0. The Balaban J connectivity index is 2.07. The second-order valence-electron chi connectivity index (χ2n) is 4.22. The van der Waals surface area contributed by atoms with Gasteiger partial charge in [-0.05, 0) is 26.2 Å². The molecule has 1 heterocycles. The van der Waals surface area contributed by atoms with E-state index in [1.807, 2.05) is 0 Å². The van der Waals surface area contributed by atoms with Gasteiger partial charge in [0, 0.05) is 18.6 Å². The average Bonchev–Trinajstić information content (AvgIpc) is 2.80. The molecule has 0 aromatic heterocycles. The summed E-state index contributed by atoms with van der Waals surface area (Å²) in [6.07, 6.45) is 3.43. The van der Waals surface area contributed by atoms with Crippen LogP contribution in [-0.2, 0) is 0 Å². The summed E-state index contributed by atoms with van der Waals surface area (Å²) in [4.78, 5) is 2.39. The Kier molecular flexibility index (Phi) is 1.64. The molecule has 1 saturated heterocycles. The summed E-state index contributed by atoms with van der Waals surface area (Å²) in [5.41, 5.74) is 5.33. The molecular weight excluding hydrogens is 150 g/mol. The van der Waals surface area contributed by atoms with Crippen LogP contribution < -0.4 is 5.73 Å². The molecule has 0 aromatic rings. The number of nitrogens with two attached hydrogens (primary N) is 1. The van der Waals surface area contributed by atoms with Crippen molar-refractivity contribution in [2.75, 3.05) is 6.54 Å². The minimum atomic E-state index is -0.567. The summed E-state index contributed by atoms with van der Waals surface area (Å²) in [6, 6.07) is 3.46. The van der Waals surface area contributed by atoms with Gasteiger partial charge in [-0.25, -0.2) is 0 Å². The maximum Gasteiger partial charge on any atom is 0.118 e. The molecule has 2 fully saturated rings. The van der Waals surface area contributed by atoms with Crippen molar-refractivity contribution in [3.8, 4) is 6.07 Å². The summed E-state index contributed by atoms with van der Waals surface area (Å²) >= 11 is 0. The first-order valence-corrected chi connectivity index (χ1v) is 4.60. The largest absolute Gasteiger partial charge is 0.312 e. The van der Waals surface area contributed by atoms with Crippen molar-refractivity contribution in [1.82, 2.24) is 4.90 Å². The second-order valence-corrected chi connectivity index (χ2v) is 4.22. The smallest absolute Gasteiger partial charge is 0.118 e. The van der Waals surface area contributed by atoms with E-state index in [4.69, 9.17) is 11.0 Å². The Morgan fingerprint density at radius 2 is 2.25 bits per heavy atom. The summed E-state index contributed by atoms with van der Waals surface area (Å²) in [5, 5.41) is 8.86. The Labute approximate surface area is 73.1 Å². The van der Waals surface area contributed by atoms with Crippen LogP contribution in [0.4, 0.5) is 0 Å². The van der Waals surface area contributed by atoms with Gasteiger partial charge in [0.25, 0.3) is 0 Å². The number of hydrogen-bond acceptors (Lipinski definition) is 3. The highest BCUT2D eigenvalue weighted by Crippen LogP contribution is 2.35. The van der Waals surface area contributed by atoms with Crippen molar-refractivity contribution in [3.63, 3.8) is 0 Å². The fourth-order valence-corrected chi connectivity index (χ4v) is 2.17. The van der Waals surface area contributed by atoms with E-state index in [-0.39, 0.29) is 0 Å². The number of hydrogen-bond donors (Lipinski definition) is 1. The van der Waals surface area contributed by atoms with Crippen LogP contribution in [0.5, 0.6) is 0 Å². The first-order chi connectivity index (χ1) is 5.64. The first kappa shape index (κ1) is 8.03. The van der Waals surface area contributed by atoms with Crippen LogP contribution >= 0.6 is 0 Å². The van der Waals surface area contributed by atoms with E-state index in [1.54, 1.807) is 0 Å². The molecule has 3 nitrogen and oxygen atoms in total. The van der Waals surface area contributed by atoms with Crippen LogP contribution in [0.15, 0.2) is 0 Å². The molecule has 66 valence electrons. The Hall–Kier alpha value is -0.590. The molecule has 2 rings (SSSR count). The zero-order valence-electron chi connectivity index (χ0n) is 7.45. The maximum atomic E-state index is 8.86. The van der Waals surface area contributed by atoms with E-state index in [2.05, 4.69) is 17.9 Å². The van der Waals surface area contributed by atoms with Gasteiger partial charge in [-0.1, -0.05) is 0 Å². The Morgan fingerprint density at radius 3 is 2.67 bits per heavy atom. The van der Waals surface area contributed by atoms with Crippen molar-refractivity contribution in [3.05, 3.63) is 0 Å². The molecule has 0 amide bonds. The van der Waals surface area contributed by atoms with Gasteiger partial charge in [-0.3, -0.25) is 4.90 Å². The standard InChI is InChI=1S/C9H15N3/c1-7-4-9(11,5-10)6-12(7)8-2-3-8/h7-8H,2-4,6,11H2,1H3. The van der Waals surface area contributed by atoms with Gasteiger partial charge < -0.3 is 5.73 Å². The van der Waals surface area contributed by atoms with Crippen molar-refractivity contribution in [1.29, 1.82) is 5.26 Å². The predicted molar refractivity (Wildman–Crippen MR) is 46.3 cm³/mol. The molecule has 1 aliphatic heterocycles. The van der Waals surface area contributed by atoms with Crippen LogP contribution in [-0.4, -0.2) is 29.1 Å². The Morgan fingerprint density at radius 1 is 1.58 bits per heavy atom. The summed E-state index contributed by atoms with van der Waals surface area (Å²) in [6.45, 7) is 2.94. The lowest BCUT2D eigenvalue weighted by atomic mass is 10.0. The fourth-order valence-electron chi connectivity index (χ4n) is 2.17. The fraction of sp³-hybridized carbons (Fsp3) is 0.889. The summed E-state index contributed by atoms with van der Waals surface area (Å²) in [7, 11) is 0. The van der Waals surface area contributed by atoms with Crippen molar-refractivity contribution in [2.45, 2.75) is 43.8 Å². The lowest BCUT2D eigenvalue weighted by Gasteiger charge is -2.19. The van der Waals surface area contributed by atoms with E-state index < -0.39 is 5.54 Å². The van der Waals surface area contributed by atoms with Crippen LogP contribution in [0, 0.1) is 11.3 Å². The van der Waals surface area contributed by atoms with Gasteiger partial charge in [0.2, 0.25) is 0 Å². The molecule has 2 aliphatic rings. The monoisotopic (exact) mass is 165 g/mol. The van der Waals surface area contributed by atoms with Crippen LogP contribution in [0.25, 0.3) is 0 Å². The molecule has 12 heavy (non-hydrogen) atoms. The van der Waals surface area contributed by atoms with Crippen LogP contribution in [0.3, 0.4) is 0 Å². The van der Waals surface area contributed by atoms with Gasteiger partial charge in [-0.2, -0.15) is 5.26 Å². The number of rotatable bonds is 1. The highest BCUT2D eigenvalue weighted by atomic mass is 15.3. The number of nitriles is 1. The molecule has 1 saturated carbocycles. The van der Waals surface area contributed by atoms with Crippen molar-refractivity contribution >= 4 is 0 Å². The minimum absolute atomic E-state index is 0.502. The third kappa shape index (κ3) is 1.21. The molecule has 0 bridgehead atoms. The van der Waals surface area contributed by atoms with Crippen LogP contribution in [0.2, 0.25) is 0 Å². The lowest BCUT2D eigenvalue weighted by molar-refractivity contribution is 0.254. The predicted octanol–water partition coefficient (Wildman–Crippen LogP) is 0.464. The van der Waals surface area contributed by atoms with Gasteiger partial charge >= 0.3 is 0 Å². The zero-order valence-corrected chi connectivity index (χ0v) is 7.45. The van der Waals surface area contributed by atoms with E-state index in [0.717, 1.165) is 19.0 Å². The third-order valence-corrected chi connectivity index (χ3v) is 2.93. The highest BCUT2D eigenvalue weighted by molar-refractivity contribution is 5.14. The lowest BCUT2D eigenvalue weighted by Crippen LogP contribution is -2.41. The minimum Gasteiger partial charge on any atom is -0.312 e. The molecular formula is C9H15N3. The molecule has 2 N–H and O–H groups in total. The van der Waals surface area contributed by atoms with Gasteiger partial charge in [0.15, 0.2) is 0 Å². The SMILES string of the molecule is CC1CC(N)(C#N)CN1C1CC1. The van der Waals surface area contributed by atoms with Gasteiger partial charge in [0.1, 0.15) is 5.54 Å². The van der Waals surface area contributed by atoms with E-state index in [9.17, 15) is 0 Å². The quantitative estimate of drug-likeness (QED) is 0.614. The molecule has 2 unspecified atom stereocenters. The average molecular weight is 165 g/mol. The normalized spacial score (nSPS) is 42.9. The van der Waals surface area contributed by atoms with E-state index in [0.29, 0.717) is 6.04 Å². The highest BCUT2D eigenvalue weighted by Gasteiger charge is 2.45. The third-order valence-electron chi connectivity index (χ3n) is 2.93. The van der Waals surface area contributed by atoms with E-state index >= 15 is 0 Å². The maximum absolute atomic E-state index is 8.86. The molecule has 0 aromatic carbocycles. The van der Waals surface area contributed by atoms with Gasteiger partial charge in [0.05, 0.1) is 6.07 Å². The summed E-state index contributed by atoms with van der Waals surface area (Å²) in [5.74, 6) is 0. The second kappa shape index (κ2) is 2.45. The molecule has 3 heteroatoms. The molecule has 1 aliphatic carbocycles. The zero-order chi connectivity index (χ0) is 8.77. The van der Waals surface area contributed by atoms with Gasteiger partial charge in [-0.15, -0.1) is 0 Å². The molecule has 2 atom stereocenters. The molecule has 0 radical (unpaired) electrons. The molecule has 0 spiro atoms. The van der Waals surface area contributed by atoms with Crippen LogP contribution in [0.1, 0.15) is 26.2 Å². The number of likely N-dealkylation sites (tertiary alicyclic amines) is 1. The number of nitrogens with zero attached hydrogens (tertiary/aromatic N) is 2. The van der Waals surface area contributed by atoms with Crippen molar-refractivity contribution < 1.29 is 0 Å². The topological polar surface area (TPSA) is 53.1 Å². The van der Waals surface area contributed by atoms with E-state index in [1.165, 1.54) is 12.8 Å². The van der Waals surface area contributed by atoms with Crippen molar-refractivity contribution in [2.24, 2.45) is 5.73 Å².